The van der Waals surface area contributed by atoms with E-state index in [9.17, 15) is 62.3 Å². The molecule has 2 heterocycles. The lowest BCUT2D eigenvalue weighted by Gasteiger charge is -2.18. The van der Waals surface area contributed by atoms with Crippen molar-refractivity contribution in [2.45, 2.75) is 24.7 Å². The third-order valence-electron chi connectivity index (χ3n) is 12.2. The number of anilines is 1. The molecule has 0 spiro atoms. The van der Waals surface area contributed by atoms with Crippen LogP contribution in [0.1, 0.15) is 43.0 Å². The Labute approximate surface area is 388 Å². The van der Waals surface area contributed by atoms with Crippen LogP contribution in [-0.2, 0) is 24.7 Å². The summed E-state index contributed by atoms with van der Waals surface area (Å²) in [6.45, 7) is 0. The molecule has 10 rings (SSSR count). The Morgan fingerprint density at radius 3 is 1.23 bits per heavy atom. The number of carbonyl (C=O) groups excluding carboxylic acids is 2. The van der Waals surface area contributed by atoms with Gasteiger partial charge >= 0.3 is 24.7 Å². The van der Waals surface area contributed by atoms with Crippen molar-refractivity contribution >= 4 is 39.3 Å². The van der Waals surface area contributed by atoms with Crippen LogP contribution in [-0.4, -0.2) is 16.4 Å². The first kappa shape index (κ1) is 45.6. The zero-order valence-electron chi connectivity index (χ0n) is 35.4. The van der Waals surface area contributed by atoms with Gasteiger partial charge in [-0.05, 0) is 123 Å². The normalized spacial score (nSPS) is 13.5. The van der Waals surface area contributed by atoms with Crippen molar-refractivity contribution in [1.29, 1.82) is 0 Å². The molecule has 1 aliphatic heterocycles. The zero-order chi connectivity index (χ0) is 49.7. The molecule has 0 fully saturated rings. The van der Waals surface area contributed by atoms with Gasteiger partial charge in [0.2, 0.25) is 0 Å². The van der Waals surface area contributed by atoms with E-state index in [4.69, 9.17) is 0 Å². The van der Waals surface area contributed by atoms with Gasteiger partial charge in [-0.25, -0.2) is 4.90 Å². The third kappa shape index (κ3) is 7.92. The number of amides is 2. The number of carbonyl (C=O) groups is 2. The smallest absolute Gasteiger partial charge is 0.308 e. The van der Waals surface area contributed by atoms with Crippen LogP contribution in [0.2, 0.25) is 0 Å². The molecular formula is C54H28F12N2O2. The van der Waals surface area contributed by atoms with Crippen LogP contribution in [0.4, 0.5) is 58.4 Å². The predicted octanol–water partition coefficient (Wildman–Crippen LogP) is 16.3. The summed E-state index contributed by atoms with van der Waals surface area (Å²) in [5.74, 6) is -1.48. The van der Waals surface area contributed by atoms with Gasteiger partial charge in [0.15, 0.2) is 0 Å². The van der Waals surface area contributed by atoms with Crippen molar-refractivity contribution in [3.05, 3.63) is 203 Å². The standard InChI is InChI=1S/C54H28F12N2O2/c55-51(56,57)35-16-18-38(43(27-35)53(61,62)63)31-14-20-45-41(25-31)42-26-32(39-19-17-36(52(58,59)60)28-44(39)54(64,65)66)15-21-46(42)68(45)47-13-7-12-40-48(47)50(70)67(49(40)69)37-23-33(29-8-3-1-4-9-29)22-34(24-37)30-10-5-2-6-11-30/h1-28H. The number of fused-ring (bicyclic) bond motifs is 4. The highest BCUT2D eigenvalue weighted by Crippen LogP contribution is 2.47. The summed E-state index contributed by atoms with van der Waals surface area (Å²) in [7, 11) is 0. The van der Waals surface area contributed by atoms with Crippen molar-refractivity contribution in [1.82, 2.24) is 4.57 Å². The Bertz CT molecular complexity index is 3400. The SMILES string of the molecule is O=C1c2cccc(-n3c4ccc(-c5ccc(C(F)(F)F)cc5C(F)(F)F)cc4c4cc(-c5ccc(C(F)(F)F)cc5C(F)(F)F)ccc43)c2C(=O)N1c1cc(-c2ccccc2)cc(-c2ccccc2)c1. The molecule has 0 unspecified atom stereocenters. The van der Waals surface area contributed by atoms with E-state index in [-0.39, 0.29) is 67.6 Å². The van der Waals surface area contributed by atoms with Gasteiger partial charge in [-0.2, -0.15) is 52.7 Å². The van der Waals surface area contributed by atoms with Gasteiger partial charge in [-0.3, -0.25) is 9.59 Å². The molecule has 0 saturated heterocycles. The maximum Gasteiger partial charge on any atom is 0.417 e. The monoisotopic (exact) mass is 964 g/mol. The quantitative estimate of drug-likeness (QED) is 0.123. The second-order valence-electron chi connectivity index (χ2n) is 16.5. The van der Waals surface area contributed by atoms with Crippen LogP contribution in [0.15, 0.2) is 170 Å². The number of nitrogens with zero attached hydrogens (tertiary/aromatic N) is 2. The Hall–Kier alpha value is -8.14. The summed E-state index contributed by atoms with van der Waals surface area (Å²) < 4.78 is 171. The van der Waals surface area contributed by atoms with Crippen molar-refractivity contribution < 1.29 is 62.3 Å². The first-order valence-electron chi connectivity index (χ1n) is 21.0. The summed E-state index contributed by atoms with van der Waals surface area (Å²) in [6, 6.07) is 37.6. The highest BCUT2D eigenvalue weighted by atomic mass is 19.4. The van der Waals surface area contributed by atoms with Crippen LogP contribution in [0.5, 0.6) is 0 Å². The van der Waals surface area contributed by atoms with Crippen LogP contribution in [0.3, 0.4) is 0 Å². The van der Waals surface area contributed by atoms with Crippen molar-refractivity contribution in [3.63, 3.8) is 0 Å². The van der Waals surface area contributed by atoms with Gasteiger partial charge in [0.05, 0.1) is 55.8 Å². The number of benzene rings is 8. The minimum atomic E-state index is -5.30. The number of rotatable bonds is 6. The number of alkyl halides is 12. The lowest BCUT2D eigenvalue weighted by atomic mass is 9.94. The van der Waals surface area contributed by atoms with E-state index in [1.807, 2.05) is 66.7 Å². The van der Waals surface area contributed by atoms with Crippen LogP contribution in [0, 0.1) is 0 Å². The van der Waals surface area contributed by atoms with Gasteiger partial charge in [0.25, 0.3) is 11.8 Å². The summed E-state index contributed by atoms with van der Waals surface area (Å²) in [5, 5.41) is 0.0503. The molecule has 2 amide bonds. The summed E-state index contributed by atoms with van der Waals surface area (Å²) in [5.41, 5.74) is -5.01. The van der Waals surface area contributed by atoms with Gasteiger partial charge in [-0.15, -0.1) is 0 Å². The molecule has 0 atom stereocenters. The van der Waals surface area contributed by atoms with Gasteiger partial charge in [-0.1, -0.05) is 91.0 Å². The van der Waals surface area contributed by atoms with E-state index in [0.717, 1.165) is 16.0 Å². The second-order valence-corrected chi connectivity index (χ2v) is 16.5. The molecule has 0 saturated carbocycles. The zero-order valence-corrected chi connectivity index (χ0v) is 35.4. The molecule has 9 aromatic rings. The average molecular weight is 965 g/mol. The first-order chi connectivity index (χ1) is 33.1. The predicted molar refractivity (Wildman–Crippen MR) is 240 cm³/mol. The Balaban J connectivity index is 1.20. The lowest BCUT2D eigenvalue weighted by Crippen LogP contribution is -2.29. The molecule has 0 radical (unpaired) electrons. The van der Waals surface area contributed by atoms with Crippen molar-refractivity contribution in [2.75, 3.05) is 4.90 Å². The van der Waals surface area contributed by atoms with Gasteiger partial charge in [0.1, 0.15) is 0 Å². The number of hydrogen-bond donors (Lipinski definition) is 0. The molecule has 350 valence electrons. The van der Waals surface area contributed by atoms with Gasteiger partial charge in [0, 0.05) is 10.8 Å². The molecule has 0 bridgehead atoms. The largest absolute Gasteiger partial charge is 0.417 e. The highest BCUT2D eigenvalue weighted by molar-refractivity contribution is 6.36. The van der Waals surface area contributed by atoms with Gasteiger partial charge < -0.3 is 4.57 Å². The number of aromatic nitrogens is 1. The van der Waals surface area contributed by atoms with E-state index < -0.39 is 69.9 Å². The summed E-state index contributed by atoms with van der Waals surface area (Å²) in [4.78, 5) is 30.5. The fourth-order valence-electron chi connectivity index (χ4n) is 9.05. The molecule has 0 aliphatic carbocycles. The summed E-state index contributed by atoms with van der Waals surface area (Å²) >= 11 is 0. The molecule has 1 aromatic heterocycles. The topological polar surface area (TPSA) is 42.3 Å². The third-order valence-corrected chi connectivity index (χ3v) is 12.2. The number of imide groups is 1. The van der Waals surface area contributed by atoms with Crippen molar-refractivity contribution in [3.8, 4) is 50.2 Å². The van der Waals surface area contributed by atoms with E-state index >= 15 is 0 Å². The van der Waals surface area contributed by atoms with E-state index in [1.165, 1.54) is 59.2 Å². The molecule has 4 nitrogen and oxygen atoms in total. The lowest BCUT2D eigenvalue weighted by molar-refractivity contribution is -0.144. The van der Waals surface area contributed by atoms with E-state index in [1.54, 1.807) is 12.1 Å². The number of halogens is 12. The molecule has 70 heavy (non-hydrogen) atoms. The van der Waals surface area contributed by atoms with Crippen molar-refractivity contribution in [2.24, 2.45) is 0 Å². The Morgan fingerprint density at radius 1 is 0.343 bits per heavy atom. The Kier molecular flexibility index (Phi) is 10.6. The maximum absolute atomic E-state index is 14.9. The Morgan fingerprint density at radius 2 is 0.800 bits per heavy atom. The minimum absolute atomic E-state index is 0.0251. The molecule has 1 aliphatic rings. The molecule has 0 N–H and O–H groups in total. The molecule has 8 aromatic carbocycles. The van der Waals surface area contributed by atoms with Crippen LogP contribution in [0.25, 0.3) is 72.0 Å². The fourth-order valence-corrected chi connectivity index (χ4v) is 9.05. The number of hydrogen-bond acceptors (Lipinski definition) is 2. The summed E-state index contributed by atoms with van der Waals surface area (Å²) in [6.07, 6.45) is -20.9. The molecular weight excluding hydrogens is 937 g/mol. The molecule has 16 heteroatoms. The fraction of sp³-hybridized carbons (Fsp3) is 0.0741. The second kappa shape index (κ2) is 16.2. The van der Waals surface area contributed by atoms with Crippen LogP contribution < -0.4 is 4.90 Å². The minimum Gasteiger partial charge on any atom is -0.308 e. The van der Waals surface area contributed by atoms with E-state index in [0.29, 0.717) is 35.4 Å². The first-order valence-corrected chi connectivity index (χ1v) is 21.0. The van der Waals surface area contributed by atoms with E-state index in [2.05, 4.69) is 0 Å². The highest BCUT2D eigenvalue weighted by Gasteiger charge is 2.42. The maximum atomic E-state index is 14.9. The average Bonchev–Trinajstić information content (AvgIpc) is 3.79. The van der Waals surface area contributed by atoms with Crippen LogP contribution >= 0.6 is 0 Å².